The number of hydrogen-bond acceptors (Lipinski definition) is 7. The first-order valence-corrected chi connectivity index (χ1v) is 11.2. The summed E-state index contributed by atoms with van der Waals surface area (Å²) in [5.41, 5.74) is 5.89. The third kappa shape index (κ3) is 3.98. The van der Waals surface area contributed by atoms with E-state index in [0.717, 1.165) is 0 Å². The van der Waals surface area contributed by atoms with Crippen LogP contribution in [0.25, 0.3) is 0 Å². The highest BCUT2D eigenvalue weighted by molar-refractivity contribution is 8.03. The van der Waals surface area contributed by atoms with Crippen molar-refractivity contribution in [2.24, 2.45) is 23.5 Å². The van der Waals surface area contributed by atoms with Gasteiger partial charge in [-0.3, -0.25) is 9.59 Å². The molecule has 0 radical (unpaired) electrons. The Morgan fingerprint density at radius 3 is 2.60 bits per heavy atom. The number of carbonyl (C=O) groups excluding carboxylic acids is 2. The maximum absolute atomic E-state index is 12.5. The molecule has 7 atom stereocenters. The van der Waals surface area contributed by atoms with E-state index in [0.29, 0.717) is 24.5 Å². The zero-order chi connectivity index (χ0) is 22.3. The van der Waals surface area contributed by atoms with Crippen LogP contribution in [0.5, 0.6) is 0 Å². The topological polar surface area (TPSA) is 142 Å². The third-order valence-corrected chi connectivity index (χ3v) is 7.90. The standard InChI is InChI=1S/C20H31N3O6S/c1-8(2)14(21)18(25)22-7-11-12(5-6-29-11)30-17-9(3)15-13(10(4)24)19(26)23(15)16(17)20(27)28/h8-15,24H,5-7,21H2,1-4H3,(H,22,25)(H,27,28)/t9-,10-,11-,12-,13-,14-,15?/m1/s1. The summed E-state index contributed by atoms with van der Waals surface area (Å²) < 4.78 is 5.78. The summed E-state index contributed by atoms with van der Waals surface area (Å²) in [6.07, 6.45) is -0.392. The van der Waals surface area contributed by atoms with E-state index in [1.807, 2.05) is 20.8 Å². The van der Waals surface area contributed by atoms with Gasteiger partial charge in [-0.2, -0.15) is 0 Å². The number of ether oxygens (including phenoxy) is 1. The third-order valence-electron chi connectivity index (χ3n) is 6.24. The van der Waals surface area contributed by atoms with Gasteiger partial charge in [-0.15, -0.1) is 11.8 Å². The van der Waals surface area contributed by atoms with Gasteiger partial charge in [0.05, 0.1) is 30.2 Å². The summed E-state index contributed by atoms with van der Waals surface area (Å²) in [5, 5.41) is 22.5. The molecular weight excluding hydrogens is 410 g/mol. The van der Waals surface area contributed by atoms with Gasteiger partial charge < -0.3 is 30.9 Å². The van der Waals surface area contributed by atoms with Gasteiger partial charge in [0.1, 0.15) is 5.70 Å². The van der Waals surface area contributed by atoms with Crippen LogP contribution in [0.2, 0.25) is 0 Å². The van der Waals surface area contributed by atoms with Crippen molar-refractivity contribution in [2.45, 2.75) is 63.7 Å². The first-order valence-electron chi connectivity index (χ1n) is 10.4. The van der Waals surface area contributed by atoms with Gasteiger partial charge >= 0.3 is 5.97 Å². The molecule has 1 unspecified atom stereocenters. The minimum atomic E-state index is -1.14. The Labute approximate surface area is 180 Å². The molecule has 3 aliphatic heterocycles. The number of thioether (sulfide) groups is 1. The molecule has 2 amide bonds. The highest BCUT2D eigenvalue weighted by Gasteiger charge is 2.60. The van der Waals surface area contributed by atoms with Gasteiger partial charge in [0.25, 0.3) is 0 Å². The maximum atomic E-state index is 12.5. The maximum Gasteiger partial charge on any atom is 0.353 e. The Morgan fingerprint density at radius 2 is 2.03 bits per heavy atom. The van der Waals surface area contributed by atoms with Crippen molar-refractivity contribution in [3.8, 4) is 0 Å². The minimum Gasteiger partial charge on any atom is -0.477 e. The molecule has 2 saturated heterocycles. The Hall–Kier alpha value is -1.62. The molecule has 0 aromatic rings. The summed E-state index contributed by atoms with van der Waals surface area (Å²) >= 11 is 1.41. The lowest BCUT2D eigenvalue weighted by atomic mass is 9.79. The fourth-order valence-electron chi connectivity index (χ4n) is 4.42. The highest BCUT2D eigenvalue weighted by Crippen LogP contribution is 2.52. The molecule has 3 aliphatic rings. The number of fused-ring (bicyclic) bond motifs is 1. The number of β-lactam (4-membered cyclic amide) rings is 1. The summed E-state index contributed by atoms with van der Waals surface area (Å²) in [5.74, 6) is -2.48. The van der Waals surface area contributed by atoms with Crippen molar-refractivity contribution < 1.29 is 29.3 Å². The quantitative estimate of drug-likeness (QED) is 0.389. The first kappa shape index (κ1) is 23.1. The van der Waals surface area contributed by atoms with Crippen molar-refractivity contribution in [2.75, 3.05) is 13.2 Å². The Balaban J connectivity index is 1.72. The lowest BCUT2D eigenvalue weighted by Gasteiger charge is -2.46. The normalized spacial score (nSPS) is 32.8. The molecule has 9 nitrogen and oxygen atoms in total. The lowest BCUT2D eigenvalue weighted by Crippen LogP contribution is -2.63. The number of carbonyl (C=O) groups is 3. The number of aliphatic hydroxyl groups is 1. The number of aliphatic hydroxyl groups excluding tert-OH is 1. The van der Waals surface area contributed by atoms with Crippen molar-refractivity contribution in [3.05, 3.63) is 10.6 Å². The summed E-state index contributed by atoms with van der Waals surface area (Å²) in [6, 6.07) is -0.934. The molecule has 5 N–H and O–H groups in total. The molecule has 0 aromatic heterocycles. The smallest absolute Gasteiger partial charge is 0.353 e. The van der Waals surface area contributed by atoms with E-state index in [2.05, 4.69) is 5.32 Å². The van der Waals surface area contributed by atoms with Crippen molar-refractivity contribution in [3.63, 3.8) is 0 Å². The molecule has 0 aromatic carbocycles. The van der Waals surface area contributed by atoms with Gasteiger partial charge in [-0.25, -0.2) is 4.79 Å². The zero-order valence-electron chi connectivity index (χ0n) is 17.7. The van der Waals surface area contributed by atoms with Gasteiger partial charge in [-0.1, -0.05) is 20.8 Å². The van der Waals surface area contributed by atoms with Crippen LogP contribution in [0.15, 0.2) is 10.6 Å². The van der Waals surface area contributed by atoms with Gasteiger partial charge in [0.2, 0.25) is 11.8 Å². The molecule has 3 heterocycles. The SMILES string of the molecule is CC(C)[C@@H](N)C(=O)NC[C@H]1OCC[C@H]1SC1=C(C(=O)O)N2C(=O)[C@H]([C@@H](C)O)C2[C@H]1C. The van der Waals surface area contributed by atoms with Crippen LogP contribution in [-0.2, 0) is 19.1 Å². The van der Waals surface area contributed by atoms with Crippen LogP contribution in [0.1, 0.15) is 34.1 Å². The lowest BCUT2D eigenvalue weighted by molar-refractivity contribution is -0.163. The second-order valence-corrected chi connectivity index (χ2v) is 9.92. The molecule has 0 aliphatic carbocycles. The van der Waals surface area contributed by atoms with E-state index in [-0.39, 0.29) is 46.7 Å². The Morgan fingerprint density at radius 1 is 1.37 bits per heavy atom. The molecule has 30 heavy (non-hydrogen) atoms. The first-order chi connectivity index (χ1) is 14.1. The number of nitrogens with zero attached hydrogens (tertiary/aromatic N) is 1. The molecule has 10 heteroatoms. The van der Waals surface area contributed by atoms with Gasteiger partial charge in [-0.05, 0) is 19.3 Å². The summed E-state index contributed by atoms with van der Waals surface area (Å²) in [6.45, 7) is 8.02. The number of rotatable bonds is 8. The van der Waals surface area contributed by atoms with E-state index in [1.54, 1.807) is 6.92 Å². The van der Waals surface area contributed by atoms with Crippen LogP contribution in [0.3, 0.4) is 0 Å². The van der Waals surface area contributed by atoms with Crippen LogP contribution in [0.4, 0.5) is 0 Å². The second kappa shape index (κ2) is 8.86. The van der Waals surface area contributed by atoms with Crippen molar-refractivity contribution in [1.29, 1.82) is 0 Å². The average Bonchev–Trinajstić information content (AvgIpc) is 3.20. The predicted octanol–water partition coefficient (Wildman–Crippen LogP) is 0.130. The largest absolute Gasteiger partial charge is 0.477 e. The van der Waals surface area contributed by atoms with E-state index in [4.69, 9.17) is 10.5 Å². The van der Waals surface area contributed by atoms with Crippen LogP contribution in [0, 0.1) is 17.8 Å². The highest BCUT2D eigenvalue weighted by atomic mass is 32.2. The molecule has 168 valence electrons. The molecule has 0 spiro atoms. The number of nitrogens with one attached hydrogen (secondary N) is 1. The second-order valence-electron chi connectivity index (χ2n) is 8.64. The van der Waals surface area contributed by atoms with E-state index in [1.165, 1.54) is 16.7 Å². The van der Waals surface area contributed by atoms with E-state index < -0.39 is 24.0 Å². The van der Waals surface area contributed by atoms with Gasteiger partial charge in [0, 0.05) is 29.2 Å². The Bertz CT molecular complexity index is 755. The van der Waals surface area contributed by atoms with E-state index in [9.17, 15) is 24.6 Å². The van der Waals surface area contributed by atoms with Crippen LogP contribution >= 0.6 is 11.8 Å². The number of nitrogens with two attached hydrogens (primary N) is 1. The summed E-state index contributed by atoms with van der Waals surface area (Å²) in [4.78, 5) is 38.5. The minimum absolute atomic E-state index is 0.0101. The fraction of sp³-hybridized carbons (Fsp3) is 0.750. The Kier molecular flexibility index (Phi) is 6.81. The van der Waals surface area contributed by atoms with Crippen LogP contribution in [-0.4, -0.2) is 75.6 Å². The molecular formula is C20H31N3O6S. The van der Waals surface area contributed by atoms with Crippen molar-refractivity contribution >= 4 is 29.5 Å². The number of amides is 2. The zero-order valence-corrected chi connectivity index (χ0v) is 18.5. The van der Waals surface area contributed by atoms with Crippen LogP contribution < -0.4 is 11.1 Å². The number of hydrogen-bond donors (Lipinski definition) is 4. The fourth-order valence-corrected chi connectivity index (χ4v) is 5.94. The van der Waals surface area contributed by atoms with E-state index >= 15 is 0 Å². The van der Waals surface area contributed by atoms with Gasteiger partial charge in [0.15, 0.2) is 0 Å². The van der Waals surface area contributed by atoms with Crippen molar-refractivity contribution in [1.82, 2.24) is 10.2 Å². The molecule has 0 saturated carbocycles. The molecule has 3 rings (SSSR count). The number of aliphatic carboxylic acids is 1. The number of carboxylic acids is 1. The average molecular weight is 442 g/mol. The molecule has 0 bridgehead atoms. The summed E-state index contributed by atoms with van der Waals surface area (Å²) in [7, 11) is 0. The monoisotopic (exact) mass is 441 g/mol. The molecule has 2 fully saturated rings. The number of carboxylic acid groups (broad SMARTS) is 1. The predicted molar refractivity (Wildman–Crippen MR) is 111 cm³/mol.